The molecular weight excluding hydrogens is 342 g/mol. The van der Waals surface area contributed by atoms with E-state index in [9.17, 15) is 14.7 Å². The molecule has 0 atom stereocenters. The highest BCUT2D eigenvalue weighted by Gasteiger charge is 2.47. The van der Waals surface area contributed by atoms with Gasteiger partial charge in [0.2, 0.25) is 11.8 Å². The number of carbonyl (C=O) groups excluding carboxylic acids is 2. The predicted molar refractivity (Wildman–Crippen MR) is 101 cm³/mol. The smallest absolute Gasteiger partial charge is 0.229 e. The summed E-state index contributed by atoms with van der Waals surface area (Å²) in [4.78, 5) is 33.6. The molecule has 4 rings (SSSR count). The lowest BCUT2D eigenvalue weighted by Gasteiger charge is -2.47. The van der Waals surface area contributed by atoms with Gasteiger partial charge in [0, 0.05) is 38.6 Å². The van der Waals surface area contributed by atoms with E-state index in [1.807, 2.05) is 21.9 Å². The van der Waals surface area contributed by atoms with E-state index in [2.05, 4.69) is 4.98 Å². The molecule has 27 heavy (non-hydrogen) atoms. The highest BCUT2D eigenvalue weighted by Crippen LogP contribution is 2.42. The number of amides is 2. The summed E-state index contributed by atoms with van der Waals surface area (Å²) in [6.07, 6.45) is 9.66. The minimum atomic E-state index is -0.770. The quantitative estimate of drug-likeness (QED) is 0.880. The minimum Gasteiger partial charge on any atom is -0.389 e. The van der Waals surface area contributed by atoms with Gasteiger partial charge >= 0.3 is 0 Å². The van der Waals surface area contributed by atoms with Gasteiger partial charge in [0.05, 0.1) is 17.4 Å². The Morgan fingerprint density at radius 3 is 2.37 bits per heavy atom. The zero-order valence-electron chi connectivity index (χ0n) is 15.9. The molecule has 2 amide bonds. The molecule has 6 heteroatoms. The zero-order chi connectivity index (χ0) is 18.9. The number of aliphatic hydroxyl groups is 1. The van der Waals surface area contributed by atoms with Gasteiger partial charge in [-0.05, 0) is 62.6 Å². The van der Waals surface area contributed by atoms with Crippen LogP contribution in [0.5, 0.6) is 0 Å². The first-order valence-electron chi connectivity index (χ1n) is 10.2. The third-order valence-electron chi connectivity index (χ3n) is 6.78. The lowest BCUT2D eigenvalue weighted by atomic mass is 9.71. The Labute approximate surface area is 160 Å². The van der Waals surface area contributed by atoms with Crippen molar-refractivity contribution in [2.24, 2.45) is 5.41 Å². The van der Waals surface area contributed by atoms with E-state index in [-0.39, 0.29) is 23.7 Å². The number of rotatable bonds is 4. The fourth-order valence-electron chi connectivity index (χ4n) is 4.81. The highest BCUT2D eigenvalue weighted by molar-refractivity contribution is 5.84. The summed E-state index contributed by atoms with van der Waals surface area (Å²) in [5.74, 6) is 0.291. The number of nitrogens with zero attached hydrogens (tertiary/aromatic N) is 3. The van der Waals surface area contributed by atoms with Crippen molar-refractivity contribution in [2.45, 2.75) is 63.5 Å². The van der Waals surface area contributed by atoms with Gasteiger partial charge in [-0.1, -0.05) is 0 Å². The Kier molecular flexibility index (Phi) is 4.93. The lowest BCUT2D eigenvalue weighted by Crippen LogP contribution is -2.54. The van der Waals surface area contributed by atoms with Gasteiger partial charge in [0.15, 0.2) is 0 Å². The van der Waals surface area contributed by atoms with E-state index in [0.29, 0.717) is 19.6 Å². The van der Waals surface area contributed by atoms with Crippen LogP contribution in [0.2, 0.25) is 0 Å². The summed E-state index contributed by atoms with van der Waals surface area (Å²) in [5, 5.41) is 10.3. The van der Waals surface area contributed by atoms with Crippen LogP contribution in [-0.2, 0) is 16.1 Å². The fourth-order valence-corrected chi connectivity index (χ4v) is 4.81. The van der Waals surface area contributed by atoms with Crippen LogP contribution in [0, 0.1) is 5.41 Å². The maximum absolute atomic E-state index is 13.2. The van der Waals surface area contributed by atoms with E-state index >= 15 is 0 Å². The molecule has 0 unspecified atom stereocenters. The number of hydrogen-bond donors (Lipinski definition) is 1. The zero-order valence-corrected chi connectivity index (χ0v) is 15.9. The van der Waals surface area contributed by atoms with Gasteiger partial charge in [0.1, 0.15) is 0 Å². The largest absolute Gasteiger partial charge is 0.389 e. The molecule has 146 valence electrons. The topological polar surface area (TPSA) is 73.7 Å². The Morgan fingerprint density at radius 2 is 1.74 bits per heavy atom. The maximum Gasteiger partial charge on any atom is 0.229 e. The molecule has 1 aromatic heterocycles. The molecule has 3 aliphatic rings. The van der Waals surface area contributed by atoms with Crippen molar-refractivity contribution in [3.05, 3.63) is 30.1 Å². The predicted octanol–water partition coefficient (Wildman–Crippen LogP) is 2.12. The van der Waals surface area contributed by atoms with Gasteiger partial charge < -0.3 is 14.9 Å². The number of likely N-dealkylation sites (tertiary alicyclic amines) is 2. The summed E-state index contributed by atoms with van der Waals surface area (Å²) in [6.45, 7) is 2.70. The van der Waals surface area contributed by atoms with Crippen LogP contribution in [0.4, 0.5) is 0 Å². The number of aromatic nitrogens is 1. The van der Waals surface area contributed by atoms with Crippen molar-refractivity contribution in [1.82, 2.24) is 14.8 Å². The molecule has 2 aliphatic heterocycles. The first kappa shape index (κ1) is 18.4. The van der Waals surface area contributed by atoms with Crippen LogP contribution in [0.1, 0.15) is 56.9 Å². The fraction of sp³-hybridized carbons (Fsp3) is 0.667. The molecule has 1 saturated carbocycles. The van der Waals surface area contributed by atoms with Crippen molar-refractivity contribution < 1.29 is 14.7 Å². The Morgan fingerprint density at radius 1 is 1.04 bits per heavy atom. The van der Waals surface area contributed by atoms with Gasteiger partial charge in [-0.2, -0.15) is 0 Å². The van der Waals surface area contributed by atoms with E-state index in [4.69, 9.17) is 0 Å². The monoisotopic (exact) mass is 371 g/mol. The second-order valence-electron chi connectivity index (χ2n) is 8.60. The van der Waals surface area contributed by atoms with Crippen LogP contribution in [0.25, 0.3) is 0 Å². The number of hydrogen-bond acceptors (Lipinski definition) is 4. The van der Waals surface area contributed by atoms with E-state index in [1.54, 1.807) is 12.4 Å². The average Bonchev–Trinajstić information content (AvgIpc) is 2.66. The molecule has 0 radical (unpaired) electrons. The van der Waals surface area contributed by atoms with Crippen LogP contribution in [0.3, 0.4) is 0 Å². The van der Waals surface area contributed by atoms with E-state index in [1.165, 1.54) is 0 Å². The summed E-state index contributed by atoms with van der Waals surface area (Å²) >= 11 is 0. The molecule has 1 spiro atoms. The van der Waals surface area contributed by atoms with Gasteiger partial charge in [-0.15, -0.1) is 0 Å². The first-order chi connectivity index (χ1) is 13.0. The Hall–Kier alpha value is -1.95. The minimum absolute atomic E-state index is 0.0453. The van der Waals surface area contributed by atoms with Crippen molar-refractivity contribution in [3.63, 3.8) is 0 Å². The summed E-state index contributed by atoms with van der Waals surface area (Å²) < 4.78 is 0. The van der Waals surface area contributed by atoms with Crippen LogP contribution in [0.15, 0.2) is 24.5 Å². The molecule has 2 saturated heterocycles. The molecule has 0 bridgehead atoms. The molecule has 1 aromatic rings. The number of carbonyl (C=O) groups is 2. The molecule has 0 aromatic carbocycles. The van der Waals surface area contributed by atoms with Crippen molar-refractivity contribution in [3.8, 4) is 0 Å². The molecule has 1 aliphatic carbocycles. The first-order valence-corrected chi connectivity index (χ1v) is 10.2. The molecule has 6 nitrogen and oxygen atoms in total. The third kappa shape index (κ3) is 3.72. The Bertz CT molecular complexity index is 694. The molecule has 3 fully saturated rings. The van der Waals surface area contributed by atoms with Gasteiger partial charge in [0.25, 0.3) is 0 Å². The lowest BCUT2D eigenvalue weighted by molar-refractivity contribution is -0.155. The second kappa shape index (κ2) is 7.23. The van der Waals surface area contributed by atoms with Gasteiger partial charge in [-0.25, -0.2) is 0 Å². The number of piperidine rings is 2. The standard InChI is InChI=1S/C21H29N3O3/c25-18(15-21(27)6-1-7-21)23-13-8-20(9-14-23)5-2-12-24(19(20)26)16-17-3-10-22-11-4-17/h3-4,10-11,27H,1-2,5-9,12-16H2. The Balaban J connectivity index is 1.36. The summed E-state index contributed by atoms with van der Waals surface area (Å²) in [7, 11) is 0. The normalized spacial score (nSPS) is 24.0. The summed E-state index contributed by atoms with van der Waals surface area (Å²) in [5.41, 5.74) is 0.0284. The number of pyridine rings is 1. The van der Waals surface area contributed by atoms with E-state index in [0.717, 1.165) is 57.1 Å². The third-order valence-corrected chi connectivity index (χ3v) is 6.78. The summed E-state index contributed by atoms with van der Waals surface area (Å²) in [6, 6.07) is 3.92. The van der Waals surface area contributed by atoms with Crippen LogP contribution < -0.4 is 0 Å². The second-order valence-corrected chi connectivity index (χ2v) is 8.60. The molecule has 3 heterocycles. The average molecular weight is 371 g/mol. The SMILES string of the molecule is O=C(CC1(O)CCC1)N1CCC2(CCCN(Cc3ccncc3)C2=O)CC1. The van der Waals surface area contributed by atoms with Crippen LogP contribution in [-0.4, -0.2) is 56.9 Å². The van der Waals surface area contributed by atoms with Crippen molar-refractivity contribution >= 4 is 11.8 Å². The molecule has 1 N–H and O–H groups in total. The van der Waals surface area contributed by atoms with Gasteiger partial charge in [-0.3, -0.25) is 14.6 Å². The van der Waals surface area contributed by atoms with Crippen LogP contribution >= 0.6 is 0 Å². The van der Waals surface area contributed by atoms with E-state index < -0.39 is 5.60 Å². The molecular formula is C21H29N3O3. The van der Waals surface area contributed by atoms with Crippen molar-refractivity contribution in [2.75, 3.05) is 19.6 Å². The van der Waals surface area contributed by atoms with Crippen molar-refractivity contribution in [1.29, 1.82) is 0 Å². The maximum atomic E-state index is 13.2. The highest BCUT2D eigenvalue weighted by atomic mass is 16.3.